The van der Waals surface area contributed by atoms with Crippen LogP contribution in [0.15, 0.2) is 60.0 Å². The molecule has 0 radical (unpaired) electrons. The predicted octanol–water partition coefficient (Wildman–Crippen LogP) is 2.73. The Kier molecular flexibility index (Phi) is 8.96. The average molecular weight is 516 g/mol. The molecular formula is C24H27N4O5S2-. The summed E-state index contributed by atoms with van der Waals surface area (Å²) in [6.07, 6.45) is 1.47. The van der Waals surface area contributed by atoms with E-state index in [0.717, 1.165) is 28.2 Å². The zero-order valence-electron chi connectivity index (χ0n) is 19.4. The smallest absolute Gasteiger partial charge is 0.243 e. The fraction of sp³-hybridized carbons (Fsp3) is 0.292. The first-order chi connectivity index (χ1) is 16.6. The van der Waals surface area contributed by atoms with Crippen molar-refractivity contribution in [3.05, 3.63) is 81.8 Å². The van der Waals surface area contributed by atoms with Gasteiger partial charge in [-0.05, 0) is 36.1 Å². The fourth-order valence-electron chi connectivity index (χ4n) is 3.51. The van der Waals surface area contributed by atoms with Crippen molar-refractivity contribution >= 4 is 39.1 Å². The van der Waals surface area contributed by atoms with Gasteiger partial charge in [0.25, 0.3) is 0 Å². The molecule has 9 nitrogen and oxygen atoms in total. The second-order valence-electron chi connectivity index (χ2n) is 7.99. The summed E-state index contributed by atoms with van der Waals surface area (Å²) in [7, 11) is -4.62. The van der Waals surface area contributed by atoms with E-state index in [9.17, 15) is 22.6 Å². The summed E-state index contributed by atoms with van der Waals surface area (Å²) in [5.74, 6) is -0.644. The van der Waals surface area contributed by atoms with Crippen LogP contribution < -0.4 is 15.4 Å². The first kappa shape index (κ1) is 26.3. The van der Waals surface area contributed by atoms with E-state index in [1.165, 1.54) is 30.4 Å². The van der Waals surface area contributed by atoms with Crippen molar-refractivity contribution in [2.75, 3.05) is 4.72 Å². The van der Waals surface area contributed by atoms with Gasteiger partial charge in [-0.25, -0.2) is 13.4 Å². The van der Waals surface area contributed by atoms with E-state index >= 15 is 0 Å². The summed E-state index contributed by atoms with van der Waals surface area (Å²) in [5.41, 5.74) is 2.78. The van der Waals surface area contributed by atoms with Crippen LogP contribution in [0.4, 0.5) is 5.69 Å². The SMILES string of the molecule is CCc1csc([C@H](Cc2ccc(NS(=O)(=O)[O-])cc2)NC(=O)[C@H](Cc2ccccc2)NC(C)=O)n1. The second kappa shape index (κ2) is 11.9. The molecule has 3 rings (SSSR count). The Bertz CT molecular complexity index is 1240. The third-order valence-corrected chi connectivity index (χ3v) is 6.65. The third kappa shape index (κ3) is 8.46. The number of hydrogen-bond donors (Lipinski definition) is 3. The first-order valence-electron chi connectivity index (χ1n) is 11.0. The van der Waals surface area contributed by atoms with Gasteiger partial charge < -0.3 is 15.2 Å². The lowest BCUT2D eigenvalue weighted by molar-refractivity contribution is -0.128. The molecule has 1 heterocycles. The number of amides is 2. The maximum atomic E-state index is 13.3. The molecule has 0 aliphatic rings. The normalized spacial score (nSPS) is 13.0. The Hall–Kier alpha value is -3.28. The van der Waals surface area contributed by atoms with Gasteiger partial charge in [-0.2, -0.15) is 0 Å². The molecule has 186 valence electrons. The van der Waals surface area contributed by atoms with Crippen molar-refractivity contribution < 1.29 is 22.6 Å². The lowest BCUT2D eigenvalue weighted by Crippen LogP contribution is -2.48. The van der Waals surface area contributed by atoms with Gasteiger partial charge in [0.05, 0.1) is 11.7 Å². The van der Waals surface area contributed by atoms with Crippen LogP contribution in [0.25, 0.3) is 0 Å². The molecule has 3 N–H and O–H groups in total. The lowest BCUT2D eigenvalue weighted by atomic mass is 10.0. The minimum atomic E-state index is -4.62. The van der Waals surface area contributed by atoms with Gasteiger partial charge in [-0.15, -0.1) is 11.3 Å². The molecule has 11 heteroatoms. The topological polar surface area (TPSA) is 140 Å². The zero-order chi connectivity index (χ0) is 25.4. The van der Waals surface area contributed by atoms with Crippen LogP contribution in [0, 0.1) is 0 Å². The molecule has 35 heavy (non-hydrogen) atoms. The summed E-state index contributed by atoms with van der Waals surface area (Å²) < 4.78 is 34.7. The number of hydrogen-bond acceptors (Lipinski definition) is 7. The second-order valence-corrected chi connectivity index (χ2v) is 9.99. The number of nitrogens with one attached hydrogen (secondary N) is 3. The maximum absolute atomic E-state index is 13.3. The Morgan fingerprint density at radius 1 is 1.00 bits per heavy atom. The number of aromatic nitrogens is 1. The van der Waals surface area contributed by atoms with E-state index in [-0.39, 0.29) is 17.5 Å². The van der Waals surface area contributed by atoms with Crippen molar-refractivity contribution in [2.45, 2.75) is 45.2 Å². The molecule has 2 amide bonds. The molecule has 0 fully saturated rings. The molecule has 1 aromatic heterocycles. The number of rotatable bonds is 11. The Morgan fingerprint density at radius 2 is 1.66 bits per heavy atom. The number of aryl methyl sites for hydroxylation is 1. The minimum absolute atomic E-state index is 0.153. The van der Waals surface area contributed by atoms with Gasteiger partial charge in [0.15, 0.2) is 10.3 Å². The van der Waals surface area contributed by atoms with Gasteiger partial charge in [0, 0.05) is 24.4 Å². The number of carbonyl (C=O) groups excluding carboxylic acids is 2. The lowest BCUT2D eigenvalue weighted by Gasteiger charge is -2.22. The fourth-order valence-corrected chi connectivity index (χ4v) is 4.89. The van der Waals surface area contributed by atoms with Crippen molar-refractivity contribution in [3.63, 3.8) is 0 Å². The zero-order valence-corrected chi connectivity index (χ0v) is 21.0. The van der Waals surface area contributed by atoms with Gasteiger partial charge in [0.2, 0.25) is 11.8 Å². The molecule has 2 atom stereocenters. The molecule has 0 aliphatic carbocycles. The maximum Gasteiger partial charge on any atom is 0.243 e. The summed E-state index contributed by atoms with van der Waals surface area (Å²) in [6.45, 7) is 3.36. The minimum Gasteiger partial charge on any atom is -0.731 e. The molecular weight excluding hydrogens is 488 g/mol. The quantitative estimate of drug-likeness (QED) is 0.336. The highest BCUT2D eigenvalue weighted by Gasteiger charge is 2.25. The summed E-state index contributed by atoms with van der Waals surface area (Å²) >= 11 is 1.44. The average Bonchev–Trinajstić information content (AvgIpc) is 3.28. The summed E-state index contributed by atoms with van der Waals surface area (Å²) in [6, 6.07) is 14.5. The largest absolute Gasteiger partial charge is 0.731 e. The van der Waals surface area contributed by atoms with Gasteiger partial charge in [-0.1, -0.05) is 49.4 Å². The highest BCUT2D eigenvalue weighted by atomic mass is 32.2. The predicted molar refractivity (Wildman–Crippen MR) is 134 cm³/mol. The van der Waals surface area contributed by atoms with Gasteiger partial charge >= 0.3 is 0 Å². The third-order valence-electron chi connectivity index (χ3n) is 5.16. The highest BCUT2D eigenvalue weighted by molar-refractivity contribution is 7.87. The number of carbonyl (C=O) groups is 2. The van der Waals surface area contributed by atoms with E-state index < -0.39 is 22.4 Å². The van der Waals surface area contributed by atoms with Crippen molar-refractivity contribution in [1.29, 1.82) is 0 Å². The van der Waals surface area contributed by atoms with Crippen LogP contribution in [-0.4, -0.2) is 35.8 Å². The van der Waals surface area contributed by atoms with Crippen molar-refractivity contribution in [2.24, 2.45) is 0 Å². The summed E-state index contributed by atoms with van der Waals surface area (Å²) in [4.78, 5) is 29.7. The van der Waals surface area contributed by atoms with Crippen LogP contribution in [-0.2, 0) is 39.2 Å². The van der Waals surface area contributed by atoms with Gasteiger partial charge in [-0.3, -0.25) is 14.3 Å². The van der Waals surface area contributed by atoms with E-state index in [1.807, 2.05) is 47.4 Å². The van der Waals surface area contributed by atoms with Crippen LogP contribution in [0.3, 0.4) is 0 Å². The molecule has 0 spiro atoms. The Balaban J connectivity index is 1.81. The molecule has 0 saturated carbocycles. The van der Waals surface area contributed by atoms with Crippen molar-refractivity contribution in [1.82, 2.24) is 15.6 Å². The van der Waals surface area contributed by atoms with Crippen LogP contribution >= 0.6 is 11.3 Å². The monoisotopic (exact) mass is 515 g/mol. The molecule has 0 unspecified atom stereocenters. The van der Waals surface area contributed by atoms with E-state index in [1.54, 1.807) is 12.1 Å². The van der Waals surface area contributed by atoms with Crippen LogP contribution in [0.2, 0.25) is 0 Å². The molecule has 2 aromatic carbocycles. The number of nitrogens with zero attached hydrogens (tertiary/aromatic N) is 1. The summed E-state index contributed by atoms with van der Waals surface area (Å²) in [5, 5.41) is 8.43. The molecule has 0 saturated heterocycles. The van der Waals surface area contributed by atoms with Crippen LogP contribution in [0.5, 0.6) is 0 Å². The highest BCUT2D eigenvalue weighted by Crippen LogP contribution is 2.24. The Morgan fingerprint density at radius 3 is 2.23 bits per heavy atom. The van der Waals surface area contributed by atoms with E-state index in [2.05, 4.69) is 15.6 Å². The van der Waals surface area contributed by atoms with E-state index in [4.69, 9.17) is 0 Å². The number of thiazole rings is 1. The first-order valence-corrected chi connectivity index (χ1v) is 13.3. The van der Waals surface area contributed by atoms with E-state index in [0.29, 0.717) is 12.8 Å². The molecule has 0 aliphatic heterocycles. The van der Waals surface area contributed by atoms with Crippen LogP contribution in [0.1, 0.15) is 41.7 Å². The molecule has 3 aromatic rings. The molecule has 0 bridgehead atoms. The standard InChI is InChI=1S/C24H28N4O5S2/c1-3-19-15-34-24(26-19)22(14-18-9-11-20(12-10-18)28-35(31,32)33)27-23(30)21(25-16(2)29)13-17-7-5-4-6-8-17/h4-12,15,21-22,28H,3,13-14H2,1-2H3,(H,25,29)(H,27,30)(H,31,32,33)/p-1/t21-,22-/m0/s1. The number of anilines is 1. The number of benzene rings is 2. The Labute approximate surface area is 208 Å². The van der Waals surface area contributed by atoms with Crippen molar-refractivity contribution in [3.8, 4) is 0 Å². The van der Waals surface area contributed by atoms with Gasteiger partial charge in [0.1, 0.15) is 11.0 Å².